The summed E-state index contributed by atoms with van der Waals surface area (Å²) in [7, 11) is -3.68. The summed E-state index contributed by atoms with van der Waals surface area (Å²) in [6, 6.07) is 6.99. The summed E-state index contributed by atoms with van der Waals surface area (Å²) in [5.41, 5.74) is 1.46. The molecular formula is C10H12N2O3S. The van der Waals surface area contributed by atoms with E-state index < -0.39 is 10.2 Å². The third kappa shape index (κ3) is 4.91. The molecule has 0 heterocycles. The van der Waals surface area contributed by atoms with Gasteiger partial charge in [-0.2, -0.15) is 13.1 Å². The lowest BCUT2D eigenvalue weighted by Gasteiger charge is -2.02. The van der Waals surface area contributed by atoms with Gasteiger partial charge in [0.1, 0.15) is 6.61 Å². The zero-order valence-corrected chi connectivity index (χ0v) is 9.29. The van der Waals surface area contributed by atoms with Crippen molar-refractivity contribution in [2.24, 2.45) is 5.14 Å². The highest BCUT2D eigenvalue weighted by Crippen LogP contribution is 2.03. The lowest BCUT2D eigenvalue weighted by Crippen LogP contribution is -2.30. The zero-order chi connectivity index (χ0) is 12.0. The van der Waals surface area contributed by atoms with Crippen LogP contribution in [0.15, 0.2) is 24.3 Å². The van der Waals surface area contributed by atoms with Gasteiger partial charge in [-0.3, -0.25) is 0 Å². The van der Waals surface area contributed by atoms with E-state index >= 15 is 0 Å². The van der Waals surface area contributed by atoms with Crippen LogP contribution >= 0.6 is 0 Å². The Hall–Kier alpha value is -1.39. The molecule has 0 spiro atoms. The minimum atomic E-state index is -3.68. The normalized spacial score (nSPS) is 10.6. The van der Waals surface area contributed by atoms with Crippen LogP contribution in [-0.2, 0) is 16.8 Å². The van der Waals surface area contributed by atoms with Crippen LogP contribution in [0.5, 0.6) is 0 Å². The standard InChI is InChI=1S/C10H12N2O3S/c11-16(14,15)12-8-10-4-1-3-9(7-10)5-2-6-13/h1,3-4,7,12-13H,6,8H2,(H2,11,14,15). The maximum atomic E-state index is 10.7. The first-order chi connectivity index (χ1) is 7.51. The average molecular weight is 240 g/mol. The lowest BCUT2D eigenvalue weighted by molar-refractivity contribution is 0.350. The monoisotopic (exact) mass is 240 g/mol. The van der Waals surface area contributed by atoms with Crippen molar-refractivity contribution < 1.29 is 13.5 Å². The summed E-state index contributed by atoms with van der Waals surface area (Å²) >= 11 is 0. The molecule has 1 aromatic rings. The predicted molar refractivity (Wildman–Crippen MR) is 60.4 cm³/mol. The van der Waals surface area contributed by atoms with Crippen LogP contribution in [0.4, 0.5) is 0 Å². The Kier molecular flexibility index (Phi) is 4.46. The molecule has 0 aliphatic heterocycles. The summed E-state index contributed by atoms with van der Waals surface area (Å²) in [6.45, 7) is -0.0901. The summed E-state index contributed by atoms with van der Waals surface area (Å²) < 4.78 is 23.5. The molecule has 1 rings (SSSR count). The van der Waals surface area contributed by atoms with E-state index in [1.54, 1.807) is 24.3 Å². The molecule has 4 N–H and O–H groups in total. The lowest BCUT2D eigenvalue weighted by atomic mass is 10.1. The molecule has 86 valence electrons. The molecule has 0 bridgehead atoms. The average Bonchev–Trinajstić information content (AvgIpc) is 2.23. The Labute approximate surface area is 94.5 Å². The zero-order valence-electron chi connectivity index (χ0n) is 8.47. The molecule has 0 saturated heterocycles. The summed E-state index contributed by atoms with van der Waals surface area (Å²) in [6.07, 6.45) is 0. The number of nitrogens with two attached hydrogens (primary N) is 1. The molecule has 1 aromatic carbocycles. The fraction of sp³-hybridized carbons (Fsp3) is 0.200. The number of hydrogen-bond donors (Lipinski definition) is 3. The second-order valence-electron chi connectivity index (χ2n) is 3.03. The molecule has 0 atom stereocenters. The first-order valence-electron chi connectivity index (χ1n) is 4.47. The first-order valence-corrected chi connectivity index (χ1v) is 6.02. The Balaban J connectivity index is 2.75. The SMILES string of the molecule is NS(=O)(=O)NCc1cccc(C#CCO)c1. The molecule has 0 aliphatic rings. The summed E-state index contributed by atoms with van der Waals surface area (Å²) in [4.78, 5) is 0. The molecule has 6 heteroatoms. The van der Waals surface area contributed by atoms with Crippen molar-refractivity contribution >= 4 is 10.2 Å². The Bertz CT molecular complexity index is 514. The third-order valence-electron chi connectivity index (χ3n) is 1.72. The Morgan fingerprint density at radius 3 is 2.81 bits per heavy atom. The van der Waals surface area contributed by atoms with E-state index in [0.29, 0.717) is 5.56 Å². The van der Waals surface area contributed by atoms with Crippen molar-refractivity contribution in [2.75, 3.05) is 6.61 Å². The van der Waals surface area contributed by atoms with E-state index in [0.717, 1.165) is 5.56 Å². The van der Waals surface area contributed by atoms with Crippen molar-refractivity contribution in [1.82, 2.24) is 4.72 Å². The predicted octanol–water partition coefficient (Wildman–Crippen LogP) is -0.676. The van der Waals surface area contributed by atoms with E-state index in [9.17, 15) is 8.42 Å². The van der Waals surface area contributed by atoms with Gasteiger partial charge in [0.05, 0.1) is 0 Å². The van der Waals surface area contributed by atoms with E-state index in [1.165, 1.54) is 0 Å². The van der Waals surface area contributed by atoms with Crippen LogP contribution in [0.3, 0.4) is 0 Å². The molecule has 0 aromatic heterocycles. The summed E-state index contributed by atoms with van der Waals surface area (Å²) in [5, 5.41) is 13.3. The van der Waals surface area contributed by atoms with Gasteiger partial charge in [-0.15, -0.1) is 0 Å². The molecule has 5 nitrogen and oxygen atoms in total. The molecule has 0 amide bonds. The van der Waals surface area contributed by atoms with Crippen molar-refractivity contribution in [2.45, 2.75) is 6.54 Å². The van der Waals surface area contributed by atoms with Gasteiger partial charge in [0, 0.05) is 12.1 Å². The molecule has 0 unspecified atom stereocenters. The largest absolute Gasteiger partial charge is 0.384 e. The van der Waals surface area contributed by atoms with Gasteiger partial charge in [0.2, 0.25) is 0 Å². The van der Waals surface area contributed by atoms with Gasteiger partial charge < -0.3 is 5.11 Å². The van der Waals surface area contributed by atoms with E-state index in [4.69, 9.17) is 10.2 Å². The van der Waals surface area contributed by atoms with E-state index in [-0.39, 0.29) is 13.2 Å². The summed E-state index contributed by atoms with van der Waals surface area (Å²) in [5.74, 6) is 5.23. The number of nitrogens with one attached hydrogen (secondary N) is 1. The number of aliphatic hydroxyl groups excluding tert-OH is 1. The van der Waals surface area contributed by atoms with Crippen molar-refractivity contribution in [3.8, 4) is 11.8 Å². The van der Waals surface area contributed by atoms with Crippen LogP contribution in [0.25, 0.3) is 0 Å². The smallest absolute Gasteiger partial charge is 0.274 e. The van der Waals surface area contributed by atoms with Crippen molar-refractivity contribution in [1.29, 1.82) is 0 Å². The molecule has 0 saturated carbocycles. The second-order valence-corrected chi connectivity index (χ2v) is 4.41. The van der Waals surface area contributed by atoms with Crippen molar-refractivity contribution in [3.63, 3.8) is 0 Å². The number of hydrogen-bond acceptors (Lipinski definition) is 3. The van der Waals surface area contributed by atoms with Gasteiger partial charge in [0.25, 0.3) is 10.2 Å². The molecule has 0 aliphatic carbocycles. The maximum Gasteiger partial charge on any atom is 0.274 e. The molecule has 0 radical (unpaired) electrons. The fourth-order valence-electron chi connectivity index (χ4n) is 1.08. The maximum absolute atomic E-state index is 10.7. The van der Waals surface area contributed by atoms with Crippen molar-refractivity contribution in [3.05, 3.63) is 35.4 Å². The van der Waals surface area contributed by atoms with E-state index in [2.05, 4.69) is 16.6 Å². The number of benzene rings is 1. The van der Waals surface area contributed by atoms with Crippen LogP contribution in [0.1, 0.15) is 11.1 Å². The molecular weight excluding hydrogens is 228 g/mol. The van der Waals surface area contributed by atoms with E-state index in [1.807, 2.05) is 0 Å². The third-order valence-corrected chi connectivity index (χ3v) is 2.26. The number of rotatable bonds is 3. The molecule has 0 fully saturated rings. The first kappa shape index (κ1) is 12.7. The highest BCUT2D eigenvalue weighted by atomic mass is 32.2. The van der Waals surface area contributed by atoms with Crippen LogP contribution in [0, 0.1) is 11.8 Å². The van der Waals surface area contributed by atoms with Gasteiger partial charge in [-0.1, -0.05) is 24.0 Å². The highest BCUT2D eigenvalue weighted by Gasteiger charge is 2.01. The number of aliphatic hydroxyl groups is 1. The topological polar surface area (TPSA) is 92.4 Å². The highest BCUT2D eigenvalue weighted by molar-refractivity contribution is 7.87. The van der Waals surface area contributed by atoms with Gasteiger partial charge >= 0.3 is 0 Å². The molecule has 16 heavy (non-hydrogen) atoms. The minimum Gasteiger partial charge on any atom is -0.384 e. The van der Waals surface area contributed by atoms with Gasteiger partial charge in [0.15, 0.2) is 0 Å². The van der Waals surface area contributed by atoms with Gasteiger partial charge in [-0.25, -0.2) is 5.14 Å². The second kappa shape index (κ2) is 5.63. The Morgan fingerprint density at radius 2 is 2.19 bits per heavy atom. The minimum absolute atomic E-state index is 0.119. The van der Waals surface area contributed by atoms with Crippen LogP contribution in [0.2, 0.25) is 0 Å². The fourth-order valence-corrected chi connectivity index (χ4v) is 1.45. The Morgan fingerprint density at radius 1 is 1.44 bits per heavy atom. The quantitative estimate of drug-likeness (QED) is 0.611. The van der Waals surface area contributed by atoms with Crippen LogP contribution < -0.4 is 9.86 Å². The van der Waals surface area contributed by atoms with Crippen LogP contribution in [-0.4, -0.2) is 20.1 Å². The van der Waals surface area contributed by atoms with Gasteiger partial charge in [-0.05, 0) is 17.7 Å².